The first-order valence-electron chi connectivity index (χ1n) is 6.44. The van der Waals surface area contributed by atoms with Gasteiger partial charge >= 0.3 is 5.97 Å². The Bertz CT molecular complexity index is 465. The number of hydrogen-bond donors (Lipinski definition) is 1. The van der Waals surface area contributed by atoms with Crippen molar-refractivity contribution < 1.29 is 23.1 Å². The summed E-state index contributed by atoms with van der Waals surface area (Å²) in [7, 11) is -3.77. The van der Waals surface area contributed by atoms with Gasteiger partial charge < -0.3 is 5.11 Å². The first-order valence-corrected chi connectivity index (χ1v) is 7.84. The van der Waals surface area contributed by atoms with Gasteiger partial charge in [-0.15, -0.1) is 0 Å². The number of piperidine rings is 2. The summed E-state index contributed by atoms with van der Waals surface area (Å²) in [6, 6.07) is -0.976. The van der Waals surface area contributed by atoms with Crippen LogP contribution in [-0.2, 0) is 19.8 Å². The molecule has 0 aromatic carbocycles. The maximum absolute atomic E-state index is 12.4. The lowest BCUT2D eigenvalue weighted by atomic mass is 10.1. The van der Waals surface area contributed by atoms with Crippen LogP contribution in [0.4, 0.5) is 0 Å². The van der Waals surface area contributed by atoms with Gasteiger partial charge in [-0.1, -0.05) is 0 Å². The second-order valence-electron chi connectivity index (χ2n) is 4.91. The molecule has 1 N–H and O–H groups in total. The average Bonchev–Trinajstić information content (AvgIpc) is 2.39. The molecule has 8 heteroatoms. The zero-order chi connectivity index (χ0) is 14.0. The van der Waals surface area contributed by atoms with Crippen LogP contribution in [-0.4, -0.2) is 59.6 Å². The highest BCUT2D eigenvalue weighted by molar-refractivity contribution is 7.86. The molecule has 0 aromatic heterocycles. The van der Waals surface area contributed by atoms with Crippen molar-refractivity contribution in [2.24, 2.45) is 0 Å². The molecule has 108 valence electrons. The number of carboxylic acid groups (broad SMARTS) is 1. The molecular weight excluding hydrogens is 272 g/mol. The highest BCUT2D eigenvalue weighted by Gasteiger charge is 2.40. The topological polar surface area (TPSA) is 95.0 Å². The third kappa shape index (κ3) is 2.96. The van der Waals surface area contributed by atoms with Crippen LogP contribution in [0, 0.1) is 0 Å². The maximum atomic E-state index is 12.4. The molecule has 0 amide bonds. The summed E-state index contributed by atoms with van der Waals surface area (Å²) in [4.78, 5) is 22.3. The number of aliphatic carboxylic acids is 1. The number of carbonyl (C=O) groups is 2. The average molecular weight is 290 g/mol. The summed E-state index contributed by atoms with van der Waals surface area (Å²) in [5, 5.41) is 9.13. The van der Waals surface area contributed by atoms with Crippen LogP contribution in [0.15, 0.2) is 0 Å². The minimum atomic E-state index is -3.77. The van der Waals surface area contributed by atoms with E-state index >= 15 is 0 Å². The van der Waals surface area contributed by atoms with E-state index in [9.17, 15) is 18.0 Å². The number of rotatable bonds is 3. The molecule has 0 spiro atoms. The van der Waals surface area contributed by atoms with E-state index in [1.165, 1.54) is 4.31 Å². The van der Waals surface area contributed by atoms with Gasteiger partial charge in [-0.3, -0.25) is 9.59 Å². The van der Waals surface area contributed by atoms with E-state index in [1.54, 1.807) is 0 Å². The molecule has 0 aliphatic carbocycles. The van der Waals surface area contributed by atoms with Crippen molar-refractivity contribution >= 4 is 22.0 Å². The predicted molar refractivity (Wildman–Crippen MR) is 66.7 cm³/mol. The van der Waals surface area contributed by atoms with Crippen molar-refractivity contribution in [1.29, 1.82) is 0 Å². The fourth-order valence-corrected chi connectivity index (χ4v) is 4.36. The van der Waals surface area contributed by atoms with Crippen molar-refractivity contribution in [1.82, 2.24) is 8.61 Å². The van der Waals surface area contributed by atoms with Gasteiger partial charge in [0.1, 0.15) is 11.8 Å². The van der Waals surface area contributed by atoms with E-state index in [2.05, 4.69) is 0 Å². The van der Waals surface area contributed by atoms with E-state index in [0.717, 1.165) is 10.7 Å². The van der Waals surface area contributed by atoms with Gasteiger partial charge in [0.2, 0.25) is 0 Å². The molecule has 0 aromatic rings. The van der Waals surface area contributed by atoms with Crippen molar-refractivity contribution in [3.05, 3.63) is 0 Å². The van der Waals surface area contributed by atoms with E-state index in [1.807, 2.05) is 0 Å². The van der Waals surface area contributed by atoms with Gasteiger partial charge in [-0.05, 0) is 19.3 Å². The standard InChI is InChI=1S/C11H18N2O5S/c14-9-4-7-12(8-5-9)19(17,18)13-6-2-1-3-10(13)11(15)16/h10H,1-8H2,(H,15,16)/t10-/m1/s1. The molecule has 2 fully saturated rings. The number of hydrogen-bond acceptors (Lipinski definition) is 4. The lowest BCUT2D eigenvalue weighted by Crippen LogP contribution is -2.54. The van der Waals surface area contributed by atoms with Crippen molar-refractivity contribution in [2.75, 3.05) is 19.6 Å². The molecular formula is C11H18N2O5S. The molecule has 2 aliphatic rings. The highest BCUT2D eigenvalue weighted by atomic mass is 32.2. The SMILES string of the molecule is O=C1CCN(S(=O)(=O)N2CCCC[C@@H]2C(=O)O)CC1. The monoisotopic (exact) mass is 290 g/mol. The van der Waals surface area contributed by atoms with Crippen LogP contribution in [0.1, 0.15) is 32.1 Å². The first kappa shape index (κ1) is 14.4. The molecule has 1 atom stereocenters. The fourth-order valence-electron chi connectivity index (χ4n) is 2.54. The molecule has 0 radical (unpaired) electrons. The molecule has 2 heterocycles. The van der Waals surface area contributed by atoms with E-state index in [4.69, 9.17) is 5.11 Å². The third-order valence-corrected chi connectivity index (χ3v) is 5.69. The Morgan fingerprint density at radius 2 is 1.79 bits per heavy atom. The van der Waals surface area contributed by atoms with Gasteiger partial charge in [0.05, 0.1) is 0 Å². The maximum Gasteiger partial charge on any atom is 0.322 e. The largest absolute Gasteiger partial charge is 0.480 e. The number of carbonyl (C=O) groups excluding carboxylic acids is 1. The smallest absolute Gasteiger partial charge is 0.322 e. The lowest BCUT2D eigenvalue weighted by Gasteiger charge is -2.36. The van der Waals surface area contributed by atoms with Crippen LogP contribution < -0.4 is 0 Å². The van der Waals surface area contributed by atoms with Crippen LogP contribution in [0.25, 0.3) is 0 Å². The Kier molecular flexibility index (Phi) is 4.22. The molecule has 2 aliphatic heterocycles. The number of carboxylic acids is 1. The number of nitrogens with zero attached hydrogens (tertiary/aromatic N) is 2. The Hall–Kier alpha value is -0.990. The van der Waals surface area contributed by atoms with Crippen LogP contribution >= 0.6 is 0 Å². The summed E-state index contributed by atoms with van der Waals surface area (Å²) in [5.74, 6) is -1.05. The summed E-state index contributed by atoms with van der Waals surface area (Å²) in [5.41, 5.74) is 0. The molecule has 2 rings (SSSR count). The Labute approximate surface area is 112 Å². The van der Waals surface area contributed by atoms with E-state index < -0.39 is 22.2 Å². The molecule has 7 nitrogen and oxygen atoms in total. The zero-order valence-electron chi connectivity index (χ0n) is 10.6. The summed E-state index contributed by atoms with van der Waals surface area (Å²) >= 11 is 0. The lowest BCUT2D eigenvalue weighted by molar-refractivity contribution is -0.142. The normalized spacial score (nSPS) is 27.4. The van der Waals surface area contributed by atoms with Crippen molar-refractivity contribution in [2.45, 2.75) is 38.1 Å². The minimum absolute atomic E-state index is 0.0554. The quantitative estimate of drug-likeness (QED) is 0.779. The van der Waals surface area contributed by atoms with Crippen molar-refractivity contribution in [3.63, 3.8) is 0 Å². The number of Topliss-reactive ketones (excluding diaryl/α,β-unsaturated/α-hetero) is 1. The first-order chi connectivity index (χ1) is 8.93. The molecule has 0 unspecified atom stereocenters. The van der Waals surface area contributed by atoms with E-state index in [0.29, 0.717) is 12.8 Å². The summed E-state index contributed by atoms with van der Waals surface area (Å²) in [6.07, 6.45) is 2.17. The van der Waals surface area contributed by atoms with Gasteiger partial charge in [0.25, 0.3) is 10.2 Å². The summed E-state index contributed by atoms with van der Waals surface area (Å²) < 4.78 is 27.2. The molecule has 2 saturated heterocycles. The third-order valence-electron chi connectivity index (χ3n) is 3.64. The predicted octanol–water partition coefficient (Wildman–Crippen LogP) is -0.165. The van der Waals surface area contributed by atoms with Gasteiger partial charge in [-0.2, -0.15) is 17.0 Å². The molecule has 19 heavy (non-hydrogen) atoms. The zero-order valence-corrected chi connectivity index (χ0v) is 11.4. The van der Waals surface area contributed by atoms with Crippen LogP contribution in [0.5, 0.6) is 0 Å². The molecule has 0 saturated carbocycles. The van der Waals surface area contributed by atoms with Gasteiger partial charge in [0, 0.05) is 32.5 Å². The summed E-state index contributed by atoms with van der Waals surface area (Å²) in [6.45, 7) is 0.553. The van der Waals surface area contributed by atoms with Gasteiger partial charge in [-0.25, -0.2) is 0 Å². The second kappa shape index (κ2) is 5.56. The Balaban J connectivity index is 2.17. The van der Waals surface area contributed by atoms with Crippen molar-refractivity contribution in [3.8, 4) is 0 Å². The highest BCUT2D eigenvalue weighted by Crippen LogP contribution is 2.24. The van der Waals surface area contributed by atoms with Crippen LogP contribution in [0.2, 0.25) is 0 Å². The van der Waals surface area contributed by atoms with Crippen LogP contribution in [0.3, 0.4) is 0 Å². The Morgan fingerprint density at radius 3 is 2.37 bits per heavy atom. The number of ketones is 1. The molecule has 0 bridgehead atoms. The Morgan fingerprint density at radius 1 is 1.16 bits per heavy atom. The second-order valence-corrected chi connectivity index (χ2v) is 6.79. The fraction of sp³-hybridized carbons (Fsp3) is 0.818. The van der Waals surface area contributed by atoms with Gasteiger partial charge in [0.15, 0.2) is 0 Å². The minimum Gasteiger partial charge on any atom is -0.480 e. The van der Waals surface area contributed by atoms with E-state index in [-0.39, 0.29) is 38.3 Å².